The number of likely N-dealkylation sites (tertiary alicyclic amines) is 1. The molecular formula is C14H25N3S. The molecule has 1 aliphatic rings. The maximum absolute atomic E-state index is 6.02. The van der Waals surface area contributed by atoms with Crippen LogP contribution in [0.15, 0.2) is 5.38 Å². The monoisotopic (exact) mass is 267 g/mol. The summed E-state index contributed by atoms with van der Waals surface area (Å²) in [5.41, 5.74) is 7.26. The first-order chi connectivity index (χ1) is 8.63. The third-order valence-corrected chi connectivity index (χ3v) is 4.74. The molecule has 0 radical (unpaired) electrons. The van der Waals surface area contributed by atoms with Crippen LogP contribution in [-0.2, 0) is 0 Å². The molecule has 1 saturated heterocycles. The van der Waals surface area contributed by atoms with Gasteiger partial charge in [0.2, 0.25) is 0 Å². The van der Waals surface area contributed by atoms with Crippen LogP contribution in [0.3, 0.4) is 0 Å². The average molecular weight is 267 g/mol. The second kappa shape index (κ2) is 6.13. The molecule has 2 unspecified atom stereocenters. The highest BCUT2D eigenvalue weighted by Gasteiger charge is 2.33. The lowest BCUT2D eigenvalue weighted by molar-refractivity contribution is 0.119. The van der Waals surface area contributed by atoms with Crippen molar-refractivity contribution in [2.24, 2.45) is 11.7 Å². The second-order valence-corrected chi connectivity index (χ2v) is 6.62. The van der Waals surface area contributed by atoms with Crippen molar-refractivity contribution < 1.29 is 0 Å². The molecule has 2 rings (SSSR count). The van der Waals surface area contributed by atoms with E-state index in [1.54, 1.807) is 11.3 Å². The van der Waals surface area contributed by atoms with Gasteiger partial charge >= 0.3 is 0 Å². The number of aryl methyl sites for hydroxylation is 1. The van der Waals surface area contributed by atoms with Gasteiger partial charge in [-0.1, -0.05) is 6.42 Å². The number of nitrogens with two attached hydrogens (primary N) is 1. The Bertz CT molecular complexity index is 375. The van der Waals surface area contributed by atoms with Crippen LogP contribution in [0.25, 0.3) is 0 Å². The number of rotatable bonds is 3. The highest BCUT2D eigenvalue weighted by molar-refractivity contribution is 7.09. The minimum Gasteiger partial charge on any atom is -0.330 e. The molecule has 1 aromatic rings. The summed E-state index contributed by atoms with van der Waals surface area (Å²) < 4.78 is 0. The van der Waals surface area contributed by atoms with Crippen LogP contribution >= 0.6 is 11.3 Å². The van der Waals surface area contributed by atoms with Gasteiger partial charge in [-0.25, -0.2) is 4.98 Å². The SMILES string of the molecule is Cc1nc(C2C(CN)CCCCN2C(C)C)cs1. The third-order valence-electron chi connectivity index (χ3n) is 3.95. The lowest BCUT2D eigenvalue weighted by atomic mass is 9.92. The number of thiazole rings is 1. The van der Waals surface area contributed by atoms with Crippen molar-refractivity contribution in [2.45, 2.75) is 52.1 Å². The van der Waals surface area contributed by atoms with Gasteiger partial charge < -0.3 is 5.73 Å². The van der Waals surface area contributed by atoms with Gasteiger partial charge in [-0.3, -0.25) is 4.90 Å². The highest BCUT2D eigenvalue weighted by Crippen LogP contribution is 2.36. The molecule has 2 atom stereocenters. The van der Waals surface area contributed by atoms with Crippen molar-refractivity contribution in [2.75, 3.05) is 13.1 Å². The normalized spacial score (nSPS) is 26.5. The quantitative estimate of drug-likeness (QED) is 0.915. The van der Waals surface area contributed by atoms with Crippen molar-refractivity contribution in [3.05, 3.63) is 16.1 Å². The van der Waals surface area contributed by atoms with Crippen LogP contribution in [0.2, 0.25) is 0 Å². The van der Waals surface area contributed by atoms with Gasteiger partial charge in [0, 0.05) is 11.4 Å². The fourth-order valence-corrected chi connectivity index (χ4v) is 3.66. The number of hydrogen-bond acceptors (Lipinski definition) is 4. The van der Waals surface area contributed by atoms with E-state index in [1.165, 1.54) is 31.5 Å². The third kappa shape index (κ3) is 2.92. The first-order valence-corrected chi connectivity index (χ1v) is 7.89. The summed E-state index contributed by atoms with van der Waals surface area (Å²) in [6, 6.07) is 0.978. The summed E-state index contributed by atoms with van der Waals surface area (Å²) in [4.78, 5) is 7.32. The fraction of sp³-hybridized carbons (Fsp3) is 0.786. The first kappa shape index (κ1) is 14.0. The molecule has 0 amide bonds. The lowest BCUT2D eigenvalue weighted by Gasteiger charge is -2.36. The minimum atomic E-state index is 0.419. The number of hydrogen-bond donors (Lipinski definition) is 1. The number of aromatic nitrogens is 1. The maximum Gasteiger partial charge on any atom is 0.0898 e. The fourth-order valence-electron chi connectivity index (χ4n) is 3.02. The van der Waals surface area contributed by atoms with Gasteiger partial charge in [0.15, 0.2) is 0 Å². The van der Waals surface area contributed by atoms with Gasteiger partial charge in [-0.2, -0.15) is 0 Å². The van der Waals surface area contributed by atoms with E-state index in [4.69, 9.17) is 10.7 Å². The van der Waals surface area contributed by atoms with Crippen molar-refractivity contribution in [1.82, 2.24) is 9.88 Å². The summed E-state index contributed by atoms with van der Waals surface area (Å²) in [5, 5.41) is 3.39. The molecule has 0 saturated carbocycles. The summed E-state index contributed by atoms with van der Waals surface area (Å²) in [7, 11) is 0. The van der Waals surface area contributed by atoms with E-state index in [1.807, 2.05) is 0 Å². The molecule has 0 bridgehead atoms. The predicted molar refractivity (Wildman–Crippen MR) is 77.8 cm³/mol. The summed E-state index contributed by atoms with van der Waals surface area (Å²) in [6.45, 7) is 8.60. The Morgan fingerprint density at radius 1 is 1.50 bits per heavy atom. The standard InChI is InChI=1S/C14H25N3S/c1-10(2)17-7-5-4-6-12(8-15)14(17)13-9-18-11(3)16-13/h9-10,12,14H,4-8,15H2,1-3H3. The van der Waals surface area contributed by atoms with Crippen LogP contribution < -0.4 is 5.73 Å². The van der Waals surface area contributed by atoms with Gasteiger partial charge in [0.05, 0.1) is 16.7 Å². The zero-order chi connectivity index (χ0) is 13.1. The average Bonchev–Trinajstić information content (AvgIpc) is 2.64. The van der Waals surface area contributed by atoms with Gasteiger partial charge in [0.1, 0.15) is 0 Å². The molecule has 0 spiro atoms. The van der Waals surface area contributed by atoms with Gasteiger partial charge in [-0.15, -0.1) is 11.3 Å². The van der Waals surface area contributed by atoms with Crippen molar-refractivity contribution in [1.29, 1.82) is 0 Å². The van der Waals surface area contributed by atoms with Crippen molar-refractivity contribution in [3.8, 4) is 0 Å². The highest BCUT2D eigenvalue weighted by atomic mass is 32.1. The van der Waals surface area contributed by atoms with Crippen LogP contribution in [0, 0.1) is 12.8 Å². The largest absolute Gasteiger partial charge is 0.330 e. The van der Waals surface area contributed by atoms with E-state index < -0.39 is 0 Å². The van der Waals surface area contributed by atoms with Gasteiger partial charge in [0.25, 0.3) is 0 Å². The van der Waals surface area contributed by atoms with E-state index in [-0.39, 0.29) is 0 Å². The molecule has 1 fully saturated rings. The molecule has 102 valence electrons. The molecule has 0 aromatic carbocycles. The Morgan fingerprint density at radius 3 is 2.83 bits per heavy atom. The van der Waals surface area contributed by atoms with E-state index in [2.05, 4.69) is 31.1 Å². The second-order valence-electron chi connectivity index (χ2n) is 5.56. The zero-order valence-corrected chi connectivity index (χ0v) is 12.5. The van der Waals surface area contributed by atoms with Crippen molar-refractivity contribution in [3.63, 3.8) is 0 Å². The topological polar surface area (TPSA) is 42.1 Å². The smallest absolute Gasteiger partial charge is 0.0898 e. The molecule has 1 aliphatic heterocycles. The van der Waals surface area contributed by atoms with Crippen LogP contribution in [0.5, 0.6) is 0 Å². The predicted octanol–water partition coefficient (Wildman–Crippen LogP) is 2.96. The van der Waals surface area contributed by atoms with E-state index in [0.29, 0.717) is 18.0 Å². The van der Waals surface area contributed by atoms with E-state index in [0.717, 1.165) is 11.6 Å². The van der Waals surface area contributed by atoms with Crippen molar-refractivity contribution >= 4 is 11.3 Å². The molecule has 1 aromatic heterocycles. The summed E-state index contributed by atoms with van der Waals surface area (Å²) >= 11 is 1.75. The molecule has 2 heterocycles. The summed E-state index contributed by atoms with van der Waals surface area (Å²) in [6.07, 6.45) is 3.82. The Labute approximate surface area is 114 Å². The maximum atomic E-state index is 6.02. The Hall–Kier alpha value is -0.450. The minimum absolute atomic E-state index is 0.419. The van der Waals surface area contributed by atoms with Crippen LogP contribution in [-0.4, -0.2) is 29.0 Å². The number of nitrogens with zero attached hydrogens (tertiary/aromatic N) is 2. The zero-order valence-electron chi connectivity index (χ0n) is 11.7. The van der Waals surface area contributed by atoms with Crippen LogP contribution in [0.4, 0.5) is 0 Å². The van der Waals surface area contributed by atoms with Crippen LogP contribution in [0.1, 0.15) is 49.9 Å². The molecule has 4 heteroatoms. The van der Waals surface area contributed by atoms with Gasteiger partial charge in [-0.05, 0) is 52.6 Å². The first-order valence-electron chi connectivity index (χ1n) is 7.01. The summed E-state index contributed by atoms with van der Waals surface area (Å²) in [5.74, 6) is 0.552. The molecular weight excluding hydrogens is 242 g/mol. The Morgan fingerprint density at radius 2 is 2.28 bits per heavy atom. The lowest BCUT2D eigenvalue weighted by Crippen LogP contribution is -2.40. The molecule has 3 nitrogen and oxygen atoms in total. The Kier molecular flexibility index (Phi) is 4.76. The molecule has 0 aliphatic carbocycles. The Balaban J connectivity index is 2.32. The molecule has 18 heavy (non-hydrogen) atoms. The van der Waals surface area contributed by atoms with E-state index in [9.17, 15) is 0 Å². The molecule has 2 N–H and O–H groups in total. The van der Waals surface area contributed by atoms with E-state index >= 15 is 0 Å².